The maximum absolute atomic E-state index is 13.1. The lowest BCUT2D eigenvalue weighted by molar-refractivity contribution is 0.277. The SMILES string of the molecule is COc1cc2c(cc1-c1c(C)noc1C)nc(CO)c1oc(=O)n(C(C)c3ccc(C#N)cc3)c12. The lowest BCUT2D eigenvalue weighted by Gasteiger charge is -2.16. The third-order valence-electron chi connectivity index (χ3n) is 6.29. The third kappa shape index (κ3) is 3.47. The summed E-state index contributed by atoms with van der Waals surface area (Å²) in [6.45, 7) is 5.13. The number of aryl methyl sites for hydroxylation is 2. The predicted molar refractivity (Wildman–Crippen MR) is 128 cm³/mol. The van der Waals surface area contributed by atoms with Gasteiger partial charge in [0.05, 0.1) is 48.2 Å². The molecule has 9 nitrogen and oxygen atoms in total. The van der Waals surface area contributed by atoms with Gasteiger partial charge in [0, 0.05) is 10.9 Å². The molecule has 0 bridgehead atoms. The zero-order valence-electron chi connectivity index (χ0n) is 19.6. The molecule has 0 aliphatic rings. The summed E-state index contributed by atoms with van der Waals surface area (Å²) in [6.07, 6.45) is 0. The number of hydrogen-bond donors (Lipinski definition) is 1. The minimum Gasteiger partial charge on any atom is -0.496 e. The number of oxazole rings is 1. The van der Waals surface area contributed by atoms with E-state index in [1.807, 2.05) is 32.9 Å². The van der Waals surface area contributed by atoms with Gasteiger partial charge in [-0.2, -0.15) is 5.26 Å². The third-order valence-corrected chi connectivity index (χ3v) is 6.29. The van der Waals surface area contributed by atoms with E-state index in [-0.39, 0.29) is 11.3 Å². The van der Waals surface area contributed by atoms with Gasteiger partial charge < -0.3 is 18.8 Å². The van der Waals surface area contributed by atoms with E-state index in [2.05, 4.69) is 16.2 Å². The maximum Gasteiger partial charge on any atom is 0.420 e. The molecule has 0 saturated heterocycles. The van der Waals surface area contributed by atoms with Crippen molar-refractivity contribution in [3.05, 3.63) is 75.2 Å². The van der Waals surface area contributed by atoms with E-state index >= 15 is 0 Å². The van der Waals surface area contributed by atoms with E-state index in [4.69, 9.17) is 18.9 Å². The fraction of sp³-hybridized carbons (Fsp3) is 0.231. The van der Waals surface area contributed by atoms with E-state index in [9.17, 15) is 9.90 Å². The van der Waals surface area contributed by atoms with Crippen molar-refractivity contribution >= 4 is 22.0 Å². The fourth-order valence-electron chi connectivity index (χ4n) is 4.56. The molecular formula is C26H22N4O5. The van der Waals surface area contributed by atoms with Crippen LogP contribution >= 0.6 is 0 Å². The van der Waals surface area contributed by atoms with E-state index in [0.717, 1.165) is 16.7 Å². The normalized spacial score (nSPS) is 12.2. The van der Waals surface area contributed by atoms with Gasteiger partial charge in [-0.25, -0.2) is 9.78 Å². The van der Waals surface area contributed by atoms with Crippen LogP contribution in [-0.4, -0.2) is 26.9 Å². The van der Waals surface area contributed by atoms with Crippen molar-refractivity contribution in [2.75, 3.05) is 7.11 Å². The molecule has 1 atom stereocenters. The van der Waals surface area contributed by atoms with Crippen LogP contribution in [0.3, 0.4) is 0 Å². The van der Waals surface area contributed by atoms with Crippen molar-refractivity contribution in [3.63, 3.8) is 0 Å². The fourth-order valence-corrected chi connectivity index (χ4v) is 4.56. The number of fused-ring (bicyclic) bond motifs is 3. The second-order valence-electron chi connectivity index (χ2n) is 8.31. The van der Waals surface area contributed by atoms with Gasteiger partial charge in [0.25, 0.3) is 0 Å². The number of aromatic nitrogens is 3. The van der Waals surface area contributed by atoms with Gasteiger partial charge in [-0.3, -0.25) is 4.57 Å². The van der Waals surface area contributed by atoms with E-state index in [1.165, 1.54) is 4.57 Å². The van der Waals surface area contributed by atoms with Crippen LogP contribution in [-0.2, 0) is 6.61 Å². The monoisotopic (exact) mass is 470 g/mol. The van der Waals surface area contributed by atoms with Crippen LogP contribution in [0.1, 0.15) is 41.2 Å². The number of aliphatic hydroxyl groups is 1. The summed E-state index contributed by atoms with van der Waals surface area (Å²) in [5.74, 6) is 0.617. The Balaban J connectivity index is 1.84. The maximum atomic E-state index is 13.1. The first kappa shape index (κ1) is 22.4. The van der Waals surface area contributed by atoms with Crippen molar-refractivity contribution in [2.45, 2.75) is 33.4 Å². The molecule has 0 spiro atoms. The number of rotatable bonds is 5. The number of nitriles is 1. The topological polar surface area (TPSA) is 127 Å². The lowest BCUT2D eigenvalue weighted by atomic mass is 9.99. The van der Waals surface area contributed by atoms with Gasteiger partial charge in [0.1, 0.15) is 22.7 Å². The molecule has 2 aromatic carbocycles. The molecule has 5 aromatic rings. The number of methoxy groups -OCH3 is 1. The molecule has 5 rings (SSSR count). The van der Waals surface area contributed by atoms with Crippen LogP contribution in [0, 0.1) is 25.2 Å². The molecule has 3 aromatic heterocycles. The number of nitrogens with zero attached hydrogens (tertiary/aromatic N) is 4. The number of hydrogen-bond acceptors (Lipinski definition) is 8. The van der Waals surface area contributed by atoms with Crippen LogP contribution in [0.25, 0.3) is 33.1 Å². The van der Waals surface area contributed by atoms with Gasteiger partial charge in [0.2, 0.25) is 0 Å². The Labute approximate surface area is 199 Å². The molecule has 0 aliphatic carbocycles. The first-order chi connectivity index (χ1) is 16.9. The largest absolute Gasteiger partial charge is 0.496 e. The molecule has 0 radical (unpaired) electrons. The first-order valence-electron chi connectivity index (χ1n) is 11.0. The molecule has 176 valence electrons. The summed E-state index contributed by atoms with van der Waals surface area (Å²) in [7, 11) is 1.57. The summed E-state index contributed by atoms with van der Waals surface area (Å²) in [5.41, 5.74) is 5.13. The minimum absolute atomic E-state index is 0.220. The molecule has 0 saturated carbocycles. The van der Waals surface area contributed by atoms with Crippen molar-refractivity contribution in [1.82, 2.24) is 14.7 Å². The van der Waals surface area contributed by atoms with E-state index < -0.39 is 18.4 Å². The lowest BCUT2D eigenvalue weighted by Crippen LogP contribution is -2.19. The molecular weight excluding hydrogens is 448 g/mol. The minimum atomic E-state index is -0.574. The van der Waals surface area contributed by atoms with Gasteiger partial charge >= 0.3 is 5.76 Å². The van der Waals surface area contributed by atoms with Crippen LogP contribution in [0.2, 0.25) is 0 Å². The molecule has 0 aliphatic heterocycles. The Hall–Kier alpha value is -4.42. The van der Waals surface area contributed by atoms with Crippen molar-refractivity contribution in [1.29, 1.82) is 5.26 Å². The first-order valence-corrected chi connectivity index (χ1v) is 11.0. The van der Waals surface area contributed by atoms with Gasteiger partial charge in [0.15, 0.2) is 5.58 Å². The highest BCUT2D eigenvalue weighted by Gasteiger charge is 2.25. The Kier molecular flexibility index (Phi) is 5.38. The van der Waals surface area contributed by atoms with Gasteiger partial charge in [-0.1, -0.05) is 17.3 Å². The predicted octanol–water partition coefficient (Wildman–Crippen LogP) is 4.40. The van der Waals surface area contributed by atoms with Crippen LogP contribution in [0.15, 0.2) is 50.1 Å². The summed E-state index contributed by atoms with van der Waals surface area (Å²) < 4.78 is 18.2. The molecule has 9 heteroatoms. The summed E-state index contributed by atoms with van der Waals surface area (Å²) in [4.78, 5) is 17.7. The Morgan fingerprint density at radius 2 is 1.97 bits per heavy atom. The summed E-state index contributed by atoms with van der Waals surface area (Å²) in [6, 6.07) is 12.4. The molecule has 3 heterocycles. The van der Waals surface area contributed by atoms with E-state index in [1.54, 1.807) is 31.4 Å². The average Bonchev–Trinajstić information content (AvgIpc) is 3.40. The van der Waals surface area contributed by atoms with Crippen LogP contribution in [0.5, 0.6) is 5.75 Å². The Morgan fingerprint density at radius 3 is 2.57 bits per heavy atom. The highest BCUT2D eigenvalue weighted by Crippen LogP contribution is 2.40. The van der Waals surface area contributed by atoms with Gasteiger partial charge in [-0.05, 0) is 50.6 Å². The second kappa shape index (κ2) is 8.42. The zero-order chi connectivity index (χ0) is 24.9. The molecule has 0 amide bonds. The molecule has 1 N–H and O–H groups in total. The number of ether oxygens (including phenoxy) is 1. The van der Waals surface area contributed by atoms with E-state index in [0.29, 0.717) is 39.2 Å². The van der Waals surface area contributed by atoms with Crippen molar-refractivity contribution in [3.8, 4) is 22.9 Å². The smallest absolute Gasteiger partial charge is 0.420 e. The highest BCUT2D eigenvalue weighted by molar-refractivity contribution is 6.05. The van der Waals surface area contributed by atoms with Crippen LogP contribution in [0.4, 0.5) is 0 Å². The molecule has 35 heavy (non-hydrogen) atoms. The van der Waals surface area contributed by atoms with Gasteiger partial charge in [-0.15, -0.1) is 0 Å². The number of aliphatic hydroxyl groups excluding tert-OH is 1. The summed E-state index contributed by atoms with van der Waals surface area (Å²) >= 11 is 0. The molecule has 1 unspecified atom stereocenters. The molecule has 0 fully saturated rings. The van der Waals surface area contributed by atoms with Crippen LogP contribution < -0.4 is 10.5 Å². The zero-order valence-corrected chi connectivity index (χ0v) is 19.6. The highest BCUT2D eigenvalue weighted by atomic mass is 16.5. The van der Waals surface area contributed by atoms with Crippen molar-refractivity contribution in [2.24, 2.45) is 0 Å². The Bertz CT molecular complexity index is 1670. The quantitative estimate of drug-likeness (QED) is 0.400. The standard InChI is InChI=1S/C26H22N4O5/c1-13-23(15(3)35-29-13)19-9-20-18(10-22(19)33-4)24-25(21(12-31)28-20)34-26(32)30(24)14(2)17-7-5-16(11-27)6-8-17/h5-10,14,31H,12H2,1-4H3. The Morgan fingerprint density at radius 1 is 1.23 bits per heavy atom. The number of pyridine rings is 1. The summed E-state index contributed by atoms with van der Waals surface area (Å²) in [5, 5.41) is 23.8. The van der Waals surface area contributed by atoms with Crippen molar-refractivity contribution < 1.29 is 18.8 Å². The number of benzene rings is 2. The average molecular weight is 470 g/mol. The second-order valence-corrected chi connectivity index (χ2v) is 8.31.